The minimum absolute atomic E-state index is 0.547. The third kappa shape index (κ3) is 2.00. The van der Waals surface area contributed by atoms with Crippen LogP contribution < -0.4 is 10.6 Å². The number of rotatable bonds is 3. The van der Waals surface area contributed by atoms with E-state index in [0.717, 1.165) is 23.6 Å². The van der Waals surface area contributed by atoms with Crippen LogP contribution in [0.5, 0.6) is 0 Å². The maximum atomic E-state index is 5.81. The molecule has 0 unspecified atom stereocenters. The van der Waals surface area contributed by atoms with Crippen LogP contribution in [-0.2, 0) is 6.54 Å². The Labute approximate surface area is 94.7 Å². The third-order valence-electron chi connectivity index (χ3n) is 2.60. The lowest BCUT2D eigenvalue weighted by molar-refractivity contribution is 0.529. The maximum absolute atomic E-state index is 5.81. The second-order valence-corrected chi connectivity index (χ2v) is 3.77. The lowest BCUT2D eigenvalue weighted by Crippen LogP contribution is -2.18. The van der Waals surface area contributed by atoms with Gasteiger partial charge in [-0.3, -0.25) is 0 Å². The van der Waals surface area contributed by atoms with Gasteiger partial charge in [-0.1, -0.05) is 0 Å². The molecule has 2 N–H and O–H groups in total. The Morgan fingerprint density at radius 3 is 2.88 bits per heavy atom. The van der Waals surface area contributed by atoms with Crippen molar-refractivity contribution >= 4 is 11.5 Å². The first-order chi connectivity index (χ1) is 7.68. The molecule has 16 heavy (non-hydrogen) atoms. The molecule has 0 aliphatic carbocycles. The molecular formula is C12H15N3O. The van der Waals surface area contributed by atoms with Crippen molar-refractivity contribution in [3.63, 3.8) is 0 Å². The predicted octanol–water partition coefficient (Wildman–Crippen LogP) is 2.20. The first-order valence-corrected chi connectivity index (χ1v) is 5.13. The minimum atomic E-state index is 0.547. The number of aromatic nitrogens is 1. The number of nitrogens with two attached hydrogens (primary N) is 1. The number of hydrogen-bond acceptors (Lipinski definition) is 4. The average Bonchev–Trinajstić information content (AvgIpc) is 2.65. The first-order valence-electron chi connectivity index (χ1n) is 5.13. The molecule has 4 nitrogen and oxygen atoms in total. The highest BCUT2D eigenvalue weighted by Gasteiger charge is 2.08. The lowest BCUT2D eigenvalue weighted by Gasteiger charge is -2.19. The average molecular weight is 217 g/mol. The number of hydrogen-bond donors (Lipinski definition) is 1. The fourth-order valence-corrected chi connectivity index (χ4v) is 1.65. The summed E-state index contributed by atoms with van der Waals surface area (Å²) in [6, 6.07) is 5.81. The smallest absolute Gasteiger partial charge is 0.146 e. The molecule has 2 rings (SSSR count). The third-order valence-corrected chi connectivity index (χ3v) is 2.60. The van der Waals surface area contributed by atoms with E-state index in [1.165, 1.54) is 0 Å². The van der Waals surface area contributed by atoms with Crippen molar-refractivity contribution in [2.75, 3.05) is 17.7 Å². The Balaban J connectivity index is 2.18. The van der Waals surface area contributed by atoms with Crippen LogP contribution in [0.3, 0.4) is 0 Å². The highest BCUT2D eigenvalue weighted by atomic mass is 16.3. The molecule has 0 aliphatic heterocycles. The molecule has 0 aromatic carbocycles. The normalized spacial score (nSPS) is 10.4. The predicted molar refractivity (Wildman–Crippen MR) is 64.2 cm³/mol. The molecule has 0 saturated carbocycles. The van der Waals surface area contributed by atoms with E-state index in [2.05, 4.69) is 9.88 Å². The zero-order valence-corrected chi connectivity index (χ0v) is 9.47. The molecule has 0 bridgehead atoms. The van der Waals surface area contributed by atoms with Gasteiger partial charge in [0.1, 0.15) is 11.6 Å². The summed E-state index contributed by atoms with van der Waals surface area (Å²) < 4.78 is 5.26. The molecule has 0 amide bonds. The second-order valence-electron chi connectivity index (χ2n) is 3.77. The Kier molecular flexibility index (Phi) is 2.81. The summed E-state index contributed by atoms with van der Waals surface area (Å²) in [5.74, 6) is 1.49. The SMILES string of the molecule is Cc1occc1CN(C)c1cccnc1N. The van der Waals surface area contributed by atoms with E-state index >= 15 is 0 Å². The molecule has 2 aromatic heterocycles. The zero-order chi connectivity index (χ0) is 11.5. The van der Waals surface area contributed by atoms with Crippen molar-refractivity contribution < 1.29 is 4.42 Å². The van der Waals surface area contributed by atoms with Gasteiger partial charge in [0.2, 0.25) is 0 Å². The number of pyridine rings is 1. The highest BCUT2D eigenvalue weighted by Crippen LogP contribution is 2.21. The summed E-state index contributed by atoms with van der Waals surface area (Å²) in [6.07, 6.45) is 3.39. The molecule has 0 fully saturated rings. The summed E-state index contributed by atoms with van der Waals surface area (Å²) >= 11 is 0. The molecule has 4 heteroatoms. The van der Waals surface area contributed by atoms with Gasteiger partial charge < -0.3 is 15.1 Å². The fraction of sp³-hybridized carbons (Fsp3) is 0.250. The van der Waals surface area contributed by atoms with Crippen LogP contribution in [0.15, 0.2) is 35.1 Å². The van der Waals surface area contributed by atoms with E-state index < -0.39 is 0 Å². The maximum Gasteiger partial charge on any atom is 0.146 e. The number of aryl methyl sites for hydroxylation is 1. The van der Waals surface area contributed by atoms with Crippen LogP contribution in [0, 0.1) is 6.92 Å². The number of furan rings is 1. The van der Waals surface area contributed by atoms with Crippen LogP contribution in [0.4, 0.5) is 11.5 Å². The number of anilines is 2. The van der Waals surface area contributed by atoms with Gasteiger partial charge in [-0.05, 0) is 25.1 Å². The van der Waals surface area contributed by atoms with Gasteiger partial charge in [0.25, 0.3) is 0 Å². The summed E-state index contributed by atoms with van der Waals surface area (Å²) in [5, 5.41) is 0. The van der Waals surface area contributed by atoms with Gasteiger partial charge in [-0.25, -0.2) is 4.98 Å². The highest BCUT2D eigenvalue weighted by molar-refractivity contribution is 5.62. The molecule has 2 aromatic rings. The molecular weight excluding hydrogens is 202 g/mol. The van der Waals surface area contributed by atoms with Crippen molar-refractivity contribution in [2.45, 2.75) is 13.5 Å². The van der Waals surface area contributed by atoms with Crippen molar-refractivity contribution in [3.05, 3.63) is 42.0 Å². The quantitative estimate of drug-likeness (QED) is 0.856. The summed E-state index contributed by atoms with van der Waals surface area (Å²) in [7, 11) is 1.99. The van der Waals surface area contributed by atoms with Crippen LogP contribution in [-0.4, -0.2) is 12.0 Å². The van der Waals surface area contributed by atoms with Crippen LogP contribution in [0.2, 0.25) is 0 Å². The summed E-state index contributed by atoms with van der Waals surface area (Å²) in [6.45, 7) is 2.72. The molecule has 0 aliphatic rings. The molecule has 0 radical (unpaired) electrons. The van der Waals surface area contributed by atoms with E-state index in [9.17, 15) is 0 Å². The van der Waals surface area contributed by atoms with E-state index in [4.69, 9.17) is 10.2 Å². The van der Waals surface area contributed by atoms with Crippen LogP contribution in [0.25, 0.3) is 0 Å². The van der Waals surface area contributed by atoms with E-state index in [-0.39, 0.29) is 0 Å². The van der Waals surface area contributed by atoms with Crippen LogP contribution in [0.1, 0.15) is 11.3 Å². The van der Waals surface area contributed by atoms with Gasteiger partial charge in [0, 0.05) is 25.4 Å². The molecule has 0 saturated heterocycles. The van der Waals surface area contributed by atoms with Crippen molar-refractivity contribution in [1.82, 2.24) is 4.98 Å². The Morgan fingerprint density at radius 1 is 1.44 bits per heavy atom. The van der Waals surface area contributed by atoms with Gasteiger partial charge in [-0.2, -0.15) is 0 Å². The van der Waals surface area contributed by atoms with Crippen molar-refractivity contribution in [1.29, 1.82) is 0 Å². The largest absolute Gasteiger partial charge is 0.469 e. The van der Waals surface area contributed by atoms with Crippen molar-refractivity contribution in [2.24, 2.45) is 0 Å². The van der Waals surface area contributed by atoms with Gasteiger partial charge in [0.05, 0.1) is 12.0 Å². The monoisotopic (exact) mass is 217 g/mol. The number of nitrogen functional groups attached to an aromatic ring is 1. The first kappa shape index (κ1) is 10.5. The van der Waals surface area contributed by atoms with E-state index in [1.54, 1.807) is 12.5 Å². The van der Waals surface area contributed by atoms with Gasteiger partial charge in [0.15, 0.2) is 0 Å². The lowest BCUT2D eigenvalue weighted by atomic mass is 10.2. The molecule has 2 heterocycles. The fourth-order valence-electron chi connectivity index (χ4n) is 1.65. The number of nitrogens with zero attached hydrogens (tertiary/aromatic N) is 2. The minimum Gasteiger partial charge on any atom is -0.469 e. The standard InChI is InChI=1S/C12H15N3O/c1-9-10(5-7-16-9)8-15(2)11-4-3-6-14-12(11)13/h3-7H,8H2,1-2H3,(H2,13,14). The van der Waals surface area contributed by atoms with E-state index in [0.29, 0.717) is 5.82 Å². The van der Waals surface area contributed by atoms with Crippen molar-refractivity contribution in [3.8, 4) is 0 Å². The molecule has 84 valence electrons. The second kappa shape index (κ2) is 4.26. The Morgan fingerprint density at radius 2 is 2.25 bits per heavy atom. The van der Waals surface area contributed by atoms with E-state index in [1.807, 2.05) is 32.2 Å². The Hall–Kier alpha value is -1.97. The Bertz CT molecular complexity index is 479. The molecule has 0 spiro atoms. The summed E-state index contributed by atoms with van der Waals surface area (Å²) in [4.78, 5) is 6.12. The molecule has 0 atom stereocenters. The van der Waals surface area contributed by atoms with Gasteiger partial charge in [-0.15, -0.1) is 0 Å². The zero-order valence-electron chi connectivity index (χ0n) is 9.47. The topological polar surface area (TPSA) is 55.3 Å². The summed E-state index contributed by atoms with van der Waals surface area (Å²) in [5.41, 5.74) is 7.90. The van der Waals surface area contributed by atoms with Crippen LogP contribution >= 0.6 is 0 Å². The van der Waals surface area contributed by atoms with Gasteiger partial charge >= 0.3 is 0 Å².